The second-order valence-corrected chi connectivity index (χ2v) is 8.26. The summed E-state index contributed by atoms with van der Waals surface area (Å²) in [6, 6.07) is 10.8. The third kappa shape index (κ3) is 3.25. The SMILES string of the molecule is C[C@]12C[C@@H](c3ccccc3)N(CC(=O)N3CCCC3)[C@H]1CCCC(=O)N2. The zero-order chi connectivity index (χ0) is 18.1. The molecule has 5 nitrogen and oxygen atoms in total. The summed E-state index contributed by atoms with van der Waals surface area (Å²) in [5.74, 6) is 0.387. The summed E-state index contributed by atoms with van der Waals surface area (Å²) in [5.41, 5.74) is 0.976. The number of carbonyl (C=O) groups excluding carboxylic acids is 2. The molecule has 0 saturated carbocycles. The highest BCUT2D eigenvalue weighted by Gasteiger charge is 2.51. The lowest BCUT2D eigenvalue weighted by Crippen LogP contribution is -2.54. The smallest absolute Gasteiger partial charge is 0.236 e. The van der Waals surface area contributed by atoms with E-state index in [4.69, 9.17) is 0 Å². The van der Waals surface area contributed by atoms with Gasteiger partial charge in [-0.25, -0.2) is 0 Å². The summed E-state index contributed by atoms with van der Waals surface area (Å²) >= 11 is 0. The number of amides is 2. The summed E-state index contributed by atoms with van der Waals surface area (Å²) in [7, 11) is 0. The molecule has 3 fully saturated rings. The molecule has 2 amide bonds. The summed E-state index contributed by atoms with van der Waals surface area (Å²) in [4.78, 5) is 29.5. The van der Waals surface area contributed by atoms with Crippen molar-refractivity contribution in [2.24, 2.45) is 0 Å². The molecule has 0 aliphatic carbocycles. The van der Waals surface area contributed by atoms with Crippen molar-refractivity contribution < 1.29 is 9.59 Å². The first-order valence-corrected chi connectivity index (χ1v) is 9.96. The fraction of sp³-hybridized carbons (Fsp3) is 0.619. The Balaban J connectivity index is 1.63. The zero-order valence-corrected chi connectivity index (χ0v) is 15.6. The van der Waals surface area contributed by atoms with Crippen molar-refractivity contribution in [2.45, 2.75) is 63.1 Å². The molecule has 0 unspecified atom stereocenters. The number of nitrogens with one attached hydrogen (secondary N) is 1. The molecular weight excluding hydrogens is 326 g/mol. The van der Waals surface area contributed by atoms with Crippen LogP contribution < -0.4 is 5.32 Å². The molecule has 26 heavy (non-hydrogen) atoms. The molecule has 4 rings (SSSR count). The van der Waals surface area contributed by atoms with Gasteiger partial charge in [-0.3, -0.25) is 14.5 Å². The number of benzene rings is 1. The lowest BCUT2D eigenvalue weighted by atomic mass is 9.88. The lowest BCUT2D eigenvalue weighted by molar-refractivity contribution is -0.132. The summed E-state index contributed by atoms with van der Waals surface area (Å²) in [6.07, 6.45) is 5.54. The maximum absolute atomic E-state index is 12.9. The van der Waals surface area contributed by atoms with Gasteiger partial charge in [0.25, 0.3) is 0 Å². The van der Waals surface area contributed by atoms with Crippen LogP contribution in [0.3, 0.4) is 0 Å². The van der Waals surface area contributed by atoms with E-state index in [0.29, 0.717) is 13.0 Å². The molecule has 0 bridgehead atoms. The second kappa shape index (κ2) is 7.03. The van der Waals surface area contributed by atoms with E-state index >= 15 is 0 Å². The molecule has 1 aromatic rings. The molecule has 1 N–H and O–H groups in total. The highest BCUT2D eigenvalue weighted by Crippen LogP contribution is 2.45. The molecular formula is C21H29N3O2. The maximum atomic E-state index is 12.9. The number of hydrogen-bond acceptors (Lipinski definition) is 3. The van der Waals surface area contributed by atoms with Crippen molar-refractivity contribution >= 4 is 11.8 Å². The van der Waals surface area contributed by atoms with Gasteiger partial charge >= 0.3 is 0 Å². The van der Waals surface area contributed by atoms with Crippen LogP contribution in [0.25, 0.3) is 0 Å². The minimum Gasteiger partial charge on any atom is -0.349 e. The number of carbonyl (C=O) groups is 2. The van der Waals surface area contributed by atoms with Crippen LogP contribution in [0.1, 0.15) is 57.1 Å². The summed E-state index contributed by atoms with van der Waals surface area (Å²) < 4.78 is 0. The Morgan fingerprint density at radius 1 is 1.19 bits per heavy atom. The normalized spacial score (nSPS) is 32.2. The lowest BCUT2D eigenvalue weighted by Gasteiger charge is -2.35. The van der Waals surface area contributed by atoms with E-state index in [1.807, 2.05) is 11.0 Å². The molecule has 0 spiro atoms. The van der Waals surface area contributed by atoms with Gasteiger partial charge in [-0.1, -0.05) is 30.3 Å². The van der Waals surface area contributed by atoms with Gasteiger partial charge in [0.1, 0.15) is 0 Å². The van der Waals surface area contributed by atoms with Gasteiger partial charge in [-0.05, 0) is 44.6 Å². The fourth-order valence-electron chi connectivity index (χ4n) is 5.12. The standard InChI is InChI=1S/C21H29N3O2/c1-21-14-17(16-8-3-2-4-9-16)24(15-20(26)23-12-5-6-13-23)18(21)10-7-11-19(25)22-21/h2-4,8-9,17-18H,5-7,10-15H2,1H3,(H,22,25)/t17-,18-,21-/m0/s1. The number of rotatable bonds is 3. The second-order valence-electron chi connectivity index (χ2n) is 8.26. The molecule has 140 valence electrons. The molecule has 5 heteroatoms. The Morgan fingerprint density at radius 2 is 1.92 bits per heavy atom. The topological polar surface area (TPSA) is 52.7 Å². The quantitative estimate of drug-likeness (QED) is 0.906. The van der Waals surface area contributed by atoms with Crippen LogP contribution >= 0.6 is 0 Å². The van der Waals surface area contributed by atoms with E-state index in [9.17, 15) is 9.59 Å². The van der Waals surface area contributed by atoms with Gasteiger partial charge in [-0.2, -0.15) is 0 Å². The number of nitrogens with zero attached hydrogens (tertiary/aromatic N) is 2. The van der Waals surface area contributed by atoms with Crippen LogP contribution in [-0.4, -0.2) is 52.8 Å². The number of likely N-dealkylation sites (tertiary alicyclic amines) is 2. The molecule has 3 saturated heterocycles. The molecule has 3 atom stereocenters. The predicted octanol–water partition coefficient (Wildman–Crippen LogP) is 2.48. The van der Waals surface area contributed by atoms with Crippen molar-refractivity contribution in [2.75, 3.05) is 19.6 Å². The minimum absolute atomic E-state index is 0.148. The van der Waals surface area contributed by atoms with Crippen LogP contribution in [0.2, 0.25) is 0 Å². The first-order valence-electron chi connectivity index (χ1n) is 9.96. The molecule has 0 radical (unpaired) electrons. The minimum atomic E-state index is -0.265. The van der Waals surface area contributed by atoms with E-state index in [-0.39, 0.29) is 29.4 Å². The number of hydrogen-bond donors (Lipinski definition) is 1. The molecule has 3 aliphatic heterocycles. The average Bonchev–Trinajstić information content (AvgIpc) is 3.21. The monoisotopic (exact) mass is 355 g/mol. The molecule has 3 heterocycles. The third-order valence-corrected chi connectivity index (χ3v) is 6.42. The highest BCUT2D eigenvalue weighted by molar-refractivity contribution is 5.79. The Labute approximate surface area is 155 Å². The molecule has 0 aromatic heterocycles. The van der Waals surface area contributed by atoms with Crippen molar-refractivity contribution in [3.63, 3.8) is 0 Å². The van der Waals surface area contributed by atoms with Crippen LogP contribution in [-0.2, 0) is 9.59 Å². The van der Waals surface area contributed by atoms with Crippen LogP contribution in [0.4, 0.5) is 0 Å². The Bertz CT molecular complexity index is 671. The van der Waals surface area contributed by atoms with Crippen molar-refractivity contribution in [3.8, 4) is 0 Å². The predicted molar refractivity (Wildman–Crippen MR) is 101 cm³/mol. The number of fused-ring (bicyclic) bond motifs is 1. The largest absolute Gasteiger partial charge is 0.349 e. The van der Waals surface area contributed by atoms with Crippen LogP contribution in [0.15, 0.2) is 30.3 Å². The van der Waals surface area contributed by atoms with Gasteiger partial charge in [0.05, 0.1) is 12.1 Å². The first kappa shape index (κ1) is 17.5. The van der Waals surface area contributed by atoms with Gasteiger partial charge in [0, 0.05) is 31.6 Å². The van der Waals surface area contributed by atoms with E-state index in [0.717, 1.165) is 45.2 Å². The van der Waals surface area contributed by atoms with E-state index < -0.39 is 0 Å². The Hall–Kier alpha value is -1.88. The van der Waals surface area contributed by atoms with E-state index in [1.165, 1.54) is 5.56 Å². The Kier molecular flexibility index (Phi) is 4.74. The average molecular weight is 355 g/mol. The van der Waals surface area contributed by atoms with Crippen molar-refractivity contribution in [3.05, 3.63) is 35.9 Å². The fourth-order valence-corrected chi connectivity index (χ4v) is 5.12. The Morgan fingerprint density at radius 3 is 2.65 bits per heavy atom. The van der Waals surface area contributed by atoms with Crippen LogP contribution in [0, 0.1) is 0 Å². The zero-order valence-electron chi connectivity index (χ0n) is 15.6. The van der Waals surface area contributed by atoms with Crippen molar-refractivity contribution in [1.82, 2.24) is 15.1 Å². The van der Waals surface area contributed by atoms with Crippen molar-refractivity contribution in [1.29, 1.82) is 0 Å². The summed E-state index contributed by atoms with van der Waals surface area (Å²) in [6.45, 7) is 4.40. The van der Waals surface area contributed by atoms with Gasteiger partial charge in [0.15, 0.2) is 0 Å². The molecule has 3 aliphatic rings. The van der Waals surface area contributed by atoms with Crippen LogP contribution in [0.5, 0.6) is 0 Å². The molecule has 1 aromatic carbocycles. The third-order valence-electron chi connectivity index (χ3n) is 6.42. The highest BCUT2D eigenvalue weighted by atomic mass is 16.2. The van der Waals surface area contributed by atoms with E-state index in [2.05, 4.69) is 41.4 Å². The first-order chi connectivity index (χ1) is 12.6. The van der Waals surface area contributed by atoms with E-state index in [1.54, 1.807) is 0 Å². The van der Waals surface area contributed by atoms with Gasteiger partial charge in [0.2, 0.25) is 11.8 Å². The van der Waals surface area contributed by atoms with Gasteiger partial charge < -0.3 is 10.2 Å². The van der Waals surface area contributed by atoms with Gasteiger partial charge in [-0.15, -0.1) is 0 Å². The maximum Gasteiger partial charge on any atom is 0.236 e. The summed E-state index contributed by atoms with van der Waals surface area (Å²) in [5, 5.41) is 3.28.